The maximum absolute atomic E-state index is 11.9. The first-order valence-electron chi connectivity index (χ1n) is 9.38. The van der Waals surface area contributed by atoms with Crippen molar-refractivity contribution in [2.75, 3.05) is 6.61 Å². The number of hydrogen-bond acceptors (Lipinski definition) is 5. The van der Waals surface area contributed by atoms with Crippen LogP contribution >= 0.6 is 0 Å². The summed E-state index contributed by atoms with van der Waals surface area (Å²) in [5.74, 6) is -2.00. The van der Waals surface area contributed by atoms with Crippen LogP contribution in [0.15, 0.2) is 11.5 Å². The van der Waals surface area contributed by atoms with Gasteiger partial charge in [-0.15, -0.1) is 0 Å². The smallest absolute Gasteiger partial charge is 0.599 e. The van der Waals surface area contributed by atoms with Crippen LogP contribution in [0.2, 0.25) is 0 Å². The minimum atomic E-state index is -1.19. The van der Waals surface area contributed by atoms with E-state index in [9.17, 15) is 14.7 Å². The normalized spacial score (nSPS) is 16.7. The van der Waals surface area contributed by atoms with Crippen molar-refractivity contribution in [3.05, 3.63) is 11.5 Å². The van der Waals surface area contributed by atoms with Gasteiger partial charge in [-0.25, -0.2) is 0 Å². The third kappa shape index (κ3) is 9.23. The van der Waals surface area contributed by atoms with Crippen molar-refractivity contribution < 1.29 is 54.1 Å². The molecule has 0 fully saturated rings. The molecule has 6 heteroatoms. The fraction of sp³-hybridized carbons (Fsp3) is 0.789. The van der Waals surface area contributed by atoms with Crippen LogP contribution in [0.25, 0.3) is 0 Å². The molecule has 1 heterocycles. The molecule has 25 heavy (non-hydrogen) atoms. The van der Waals surface area contributed by atoms with Crippen LogP contribution in [0.3, 0.4) is 0 Å². The molecule has 1 rings (SSSR count). The Labute approximate surface area is 173 Å². The largest absolute Gasteiger partial charge is 1.00 e. The molecule has 0 aromatic carbocycles. The van der Waals surface area contributed by atoms with Gasteiger partial charge in [0.1, 0.15) is 0 Å². The Kier molecular flexibility index (Phi) is 14.6. The predicted octanol–water partition coefficient (Wildman–Crippen LogP) is -0.207. The van der Waals surface area contributed by atoms with Crippen molar-refractivity contribution >= 4 is 11.6 Å². The fourth-order valence-electron chi connectivity index (χ4n) is 2.95. The Morgan fingerprint density at radius 2 is 1.48 bits per heavy atom. The van der Waals surface area contributed by atoms with Crippen molar-refractivity contribution in [3.8, 4) is 0 Å². The summed E-state index contributed by atoms with van der Waals surface area (Å²) in [7, 11) is 0. The summed E-state index contributed by atoms with van der Waals surface area (Å²) in [6.07, 6.45) is 12.0. The van der Waals surface area contributed by atoms with Gasteiger partial charge in [-0.3, -0.25) is 9.59 Å². The van der Waals surface area contributed by atoms with Gasteiger partial charge in [-0.1, -0.05) is 71.1 Å². The molecule has 0 aromatic heterocycles. The van der Waals surface area contributed by atoms with Crippen molar-refractivity contribution in [3.63, 3.8) is 0 Å². The standard InChI is InChI=1S/C19H32O5.Na/c1-2-3-4-5-6-7-8-9-10-11-12-13-15(21)17-18(22)16(14-20)24-19(17)23;/h16,20,23H,2-14H2,1H3;/q;+1/p-1. The van der Waals surface area contributed by atoms with E-state index in [0.29, 0.717) is 6.42 Å². The molecule has 0 aromatic rings. The molecule has 0 aliphatic carbocycles. The molecule has 1 aliphatic rings. The molecular formula is C19H31NaO5. The van der Waals surface area contributed by atoms with E-state index in [4.69, 9.17) is 5.11 Å². The molecule has 0 bridgehead atoms. The molecule has 0 saturated carbocycles. The molecule has 1 unspecified atom stereocenters. The Morgan fingerprint density at radius 3 is 1.92 bits per heavy atom. The van der Waals surface area contributed by atoms with Gasteiger partial charge in [0.25, 0.3) is 0 Å². The zero-order valence-corrected chi connectivity index (χ0v) is 17.8. The summed E-state index contributed by atoms with van der Waals surface area (Å²) in [5, 5.41) is 20.4. The number of Topliss-reactive ketones (excluding diaryl/α,β-unsaturated/α-hetero) is 2. The first-order chi connectivity index (χ1) is 11.6. The van der Waals surface area contributed by atoms with Gasteiger partial charge < -0.3 is 14.9 Å². The number of ketones is 2. The summed E-state index contributed by atoms with van der Waals surface area (Å²) in [6.45, 7) is 1.65. The molecule has 1 atom stereocenters. The zero-order chi connectivity index (χ0) is 17.8. The van der Waals surface area contributed by atoms with E-state index in [1.165, 1.54) is 51.4 Å². The van der Waals surface area contributed by atoms with Crippen LogP contribution in [0.1, 0.15) is 84.0 Å². The van der Waals surface area contributed by atoms with Crippen molar-refractivity contribution in [1.29, 1.82) is 0 Å². The van der Waals surface area contributed by atoms with Gasteiger partial charge in [-0.05, 0) is 6.42 Å². The SMILES string of the molecule is CCCCCCCCCCCCCC(=O)C1=C([O-])OC(CO)C1=O.[Na+]. The summed E-state index contributed by atoms with van der Waals surface area (Å²) >= 11 is 0. The van der Waals surface area contributed by atoms with Gasteiger partial charge in [0.05, 0.1) is 24.2 Å². The molecule has 0 saturated heterocycles. The molecule has 1 aliphatic heterocycles. The van der Waals surface area contributed by atoms with Gasteiger partial charge in [-0.2, -0.15) is 0 Å². The topological polar surface area (TPSA) is 86.7 Å². The molecule has 138 valence electrons. The molecule has 1 N–H and O–H groups in total. The van der Waals surface area contributed by atoms with Crippen molar-refractivity contribution in [1.82, 2.24) is 0 Å². The Hall–Kier alpha value is -0.360. The van der Waals surface area contributed by atoms with Gasteiger partial charge in [0, 0.05) is 6.42 Å². The van der Waals surface area contributed by atoms with E-state index in [1.54, 1.807) is 0 Å². The Morgan fingerprint density at radius 1 is 1.00 bits per heavy atom. The van der Waals surface area contributed by atoms with Crippen LogP contribution in [-0.4, -0.2) is 29.4 Å². The number of ether oxygens (including phenoxy) is 1. The monoisotopic (exact) mass is 362 g/mol. The van der Waals surface area contributed by atoms with E-state index >= 15 is 0 Å². The van der Waals surface area contributed by atoms with Crippen LogP contribution in [-0.2, 0) is 14.3 Å². The molecule has 0 amide bonds. The first kappa shape index (κ1) is 24.6. The summed E-state index contributed by atoms with van der Waals surface area (Å²) in [6, 6.07) is 0. The quantitative estimate of drug-likeness (QED) is 0.263. The number of unbranched alkanes of at least 4 members (excludes halogenated alkanes) is 10. The Balaban J connectivity index is 0.00000576. The number of carbonyl (C=O) groups excluding carboxylic acids is 2. The van der Waals surface area contributed by atoms with Gasteiger partial charge in [0.2, 0.25) is 0 Å². The summed E-state index contributed by atoms with van der Waals surface area (Å²) in [4.78, 5) is 23.7. The minimum absolute atomic E-state index is 0. The Bertz CT molecular complexity index is 434. The number of aliphatic hydroxyl groups is 1. The zero-order valence-electron chi connectivity index (χ0n) is 15.8. The predicted molar refractivity (Wildman–Crippen MR) is 90.1 cm³/mol. The van der Waals surface area contributed by atoms with E-state index in [1.807, 2.05) is 0 Å². The number of hydrogen-bond donors (Lipinski definition) is 1. The van der Waals surface area contributed by atoms with Crippen molar-refractivity contribution in [2.24, 2.45) is 0 Å². The van der Waals surface area contributed by atoms with E-state index in [-0.39, 0.29) is 41.6 Å². The second-order valence-electron chi connectivity index (χ2n) is 6.52. The van der Waals surface area contributed by atoms with E-state index in [0.717, 1.165) is 12.8 Å². The average molecular weight is 362 g/mol. The molecule has 5 nitrogen and oxygen atoms in total. The number of aliphatic hydroxyl groups excluding tert-OH is 1. The fourth-order valence-corrected chi connectivity index (χ4v) is 2.95. The minimum Gasteiger partial charge on any atom is -0.599 e. The first-order valence-corrected chi connectivity index (χ1v) is 9.38. The second-order valence-corrected chi connectivity index (χ2v) is 6.52. The van der Waals surface area contributed by atoms with Gasteiger partial charge >= 0.3 is 29.6 Å². The maximum atomic E-state index is 11.9. The van der Waals surface area contributed by atoms with Crippen LogP contribution in [0.4, 0.5) is 0 Å². The number of rotatable bonds is 14. The maximum Gasteiger partial charge on any atom is 1.00 e. The number of carbonyl (C=O) groups is 2. The second kappa shape index (κ2) is 14.8. The van der Waals surface area contributed by atoms with E-state index in [2.05, 4.69) is 11.7 Å². The summed E-state index contributed by atoms with van der Waals surface area (Å²) in [5.41, 5.74) is -0.388. The van der Waals surface area contributed by atoms with Crippen LogP contribution in [0.5, 0.6) is 0 Å². The summed E-state index contributed by atoms with van der Waals surface area (Å²) < 4.78 is 4.67. The molecule has 0 spiro atoms. The van der Waals surface area contributed by atoms with Crippen molar-refractivity contribution in [2.45, 2.75) is 90.1 Å². The van der Waals surface area contributed by atoms with Gasteiger partial charge in [0.15, 0.2) is 11.6 Å². The molecule has 0 radical (unpaired) electrons. The van der Waals surface area contributed by atoms with Crippen LogP contribution in [0, 0.1) is 0 Å². The third-order valence-electron chi connectivity index (χ3n) is 4.44. The van der Waals surface area contributed by atoms with E-state index < -0.39 is 30.2 Å². The third-order valence-corrected chi connectivity index (χ3v) is 4.44. The molecular weight excluding hydrogens is 331 g/mol. The average Bonchev–Trinajstić information content (AvgIpc) is 2.86. The van der Waals surface area contributed by atoms with Crippen LogP contribution < -0.4 is 34.7 Å².